The summed E-state index contributed by atoms with van der Waals surface area (Å²) < 4.78 is 12.9. The summed E-state index contributed by atoms with van der Waals surface area (Å²) in [6, 6.07) is 11.1. The van der Waals surface area contributed by atoms with Crippen LogP contribution in [-0.4, -0.2) is 37.9 Å². The number of nitrogens with zero attached hydrogens (tertiary/aromatic N) is 4. The van der Waals surface area contributed by atoms with Gasteiger partial charge in [-0.1, -0.05) is 23.0 Å². The zero-order chi connectivity index (χ0) is 20.1. The second-order valence-corrected chi connectivity index (χ2v) is 7.31. The van der Waals surface area contributed by atoms with Crippen molar-refractivity contribution in [2.45, 2.75) is 11.8 Å². The molecule has 1 N–H and O–H groups in total. The van der Waals surface area contributed by atoms with Gasteiger partial charge in [-0.05, 0) is 24.3 Å². The maximum absolute atomic E-state index is 12.2. The van der Waals surface area contributed by atoms with E-state index in [1.54, 1.807) is 30.2 Å². The lowest BCUT2D eigenvalue weighted by Crippen LogP contribution is -2.26. The third-order valence-corrected chi connectivity index (χ3v) is 5.20. The summed E-state index contributed by atoms with van der Waals surface area (Å²) in [5.41, 5.74) is 1.13. The normalized spacial score (nSPS) is 10.9. The van der Waals surface area contributed by atoms with Crippen LogP contribution in [0.2, 0.25) is 0 Å². The number of carbonyl (C=O) groups excluding carboxylic acids is 1. The number of rotatable bonds is 8. The molecule has 1 aromatic carbocycles. The third kappa shape index (κ3) is 4.75. The van der Waals surface area contributed by atoms with E-state index >= 15 is 0 Å². The first-order valence-electron chi connectivity index (χ1n) is 9.00. The van der Waals surface area contributed by atoms with Crippen LogP contribution in [0.5, 0.6) is 5.75 Å². The van der Waals surface area contributed by atoms with Gasteiger partial charge in [0.2, 0.25) is 0 Å². The van der Waals surface area contributed by atoms with Gasteiger partial charge in [-0.3, -0.25) is 9.78 Å². The summed E-state index contributed by atoms with van der Waals surface area (Å²) in [6.07, 6.45) is 5.38. The van der Waals surface area contributed by atoms with Crippen molar-refractivity contribution in [2.75, 3.05) is 12.3 Å². The van der Waals surface area contributed by atoms with Gasteiger partial charge in [0.05, 0.1) is 5.52 Å². The molecule has 29 heavy (non-hydrogen) atoms. The Kier molecular flexibility index (Phi) is 5.76. The van der Waals surface area contributed by atoms with Crippen LogP contribution in [0.15, 0.2) is 64.7 Å². The van der Waals surface area contributed by atoms with Gasteiger partial charge in [-0.25, -0.2) is 4.98 Å². The number of aryl methyl sites for hydroxylation is 1. The van der Waals surface area contributed by atoms with Crippen LogP contribution in [0.1, 0.15) is 16.2 Å². The summed E-state index contributed by atoms with van der Waals surface area (Å²) >= 11 is 1.57. The van der Waals surface area contributed by atoms with E-state index in [4.69, 9.17) is 9.26 Å². The average Bonchev–Trinajstić information content (AvgIpc) is 3.38. The van der Waals surface area contributed by atoms with Crippen molar-refractivity contribution in [3.05, 3.63) is 66.4 Å². The standard InChI is InChI=1S/C20H19N5O3S/c1-25-9-7-23-20(25)29-10-8-22-19(26)18-12-16(28-24-18)13-27-15-4-5-17-14(11-15)3-2-6-21-17/h2-7,9,11-12H,8,10,13H2,1H3,(H,22,26). The van der Waals surface area contributed by atoms with Crippen molar-refractivity contribution in [1.29, 1.82) is 0 Å². The number of imidazole rings is 1. The Morgan fingerprint density at radius 3 is 3.03 bits per heavy atom. The number of benzene rings is 1. The smallest absolute Gasteiger partial charge is 0.273 e. The molecule has 3 aromatic heterocycles. The number of hydrogen-bond acceptors (Lipinski definition) is 7. The first-order valence-corrected chi connectivity index (χ1v) is 9.99. The van der Waals surface area contributed by atoms with Crippen molar-refractivity contribution in [3.8, 4) is 5.75 Å². The van der Waals surface area contributed by atoms with Crippen molar-refractivity contribution in [3.63, 3.8) is 0 Å². The van der Waals surface area contributed by atoms with E-state index in [9.17, 15) is 4.79 Å². The van der Waals surface area contributed by atoms with Crippen LogP contribution in [0.3, 0.4) is 0 Å². The van der Waals surface area contributed by atoms with Gasteiger partial charge in [0, 0.05) is 49.4 Å². The Balaban J connectivity index is 1.26. The fourth-order valence-electron chi connectivity index (χ4n) is 2.67. The summed E-state index contributed by atoms with van der Waals surface area (Å²) in [5.74, 6) is 1.60. The number of pyridine rings is 1. The molecular formula is C20H19N5O3S. The molecule has 0 radical (unpaired) electrons. The molecule has 0 fully saturated rings. The predicted molar refractivity (Wildman–Crippen MR) is 109 cm³/mol. The maximum Gasteiger partial charge on any atom is 0.273 e. The lowest BCUT2D eigenvalue weighted by molar-refractivity contribution is 0.0947. The molecule has 9 heteroatoms. The lowest BCUT2D eigenvalue weighted by Gasteiger charge is -2.04. The Labute approximate surface area is 171 Å². The van der Waals surface area contributed by atoms with Gasteiger partial charge in [0.15, 0.2) is 16.6 Å². The topological polar surface area (TPSA) is 95.1 Å². The van der Waals surface area contributed by atoms with Crippen molar-refractivity contribution in [1.82, 2.24) is 25.0 Å². The lowest BCUT2D eigenvalue weighted by atomic mass is 10.2. The highest BCUT2D eigenvalue weighted by molar-refractivity contribution is 7.99. The first-order chi connectivity index (χ1) is 14.2. The number of aromatic nitrogens is 4. The van der Waals surface area contributed by atoms with E-state index in [1.807, 2.05) is 48.1 Å². The van der Waals surface area contributed by atoms with E-state index in [0.717, 1.165) is 16.1 Å². The van der Waals surface area contributed by atoms with Crippen LogP contribution >= 0.6 is 11.8 Å². The Morgan fingerprint density at radius 2 is 2.17 bits per heavy atom. The third-order valence-electron chi connectivity index (χ3n) is 4.14. The number of nitrogens with one attached hydrogen (secondary N) is 1. The highest BCUT2D eigenvalue weighted by atomic mass is 32.2. The number of fused-ring (bicyclic) bond motifs is 1. The highest BCUT2D eigenvalue weighted by Crippen LogP contribution is 2.20. The maximum atomic E-state index is 12.2. The molecule has 8 nitrogen and oxygen atoms in total. The van der Waals surface area contributed by atoms with Crippen LogP contribution in [0.4, 0.5) is 0 Å². The highest BCUT2D eigenvalue weighted by Gasteiger charge is 2.13. The summed E-state index contributed by atoms with van der Waals surface area (Å²) in [4.78, 5) is 20.7. The molecule has 1 amide bonds. The molecule has 0 atom stereocenters. The zero-order valence-electron chi connectivity index (χ0n) is 15.7. The minimum Gasteiger partial charge on any atom is -0.486 e. The summed E-state index contributed by atoms with van der Waals surface area (Å²) in [7, 11) is 1.93. The number of hydrogen-bond donors (Lipinski definition) is 1. The fraction of sp³-hybridized carbons (Fsp3) is 0.200. The van der Waals surface area contributed by atoms with Gasteiger partial charge in [-0.15, -0.1) is 0 Å². The van der Waals surface area contributed by atoms with Gasteiger partial charge in [0.1, 0.15) is 12.4 Å². The number of amides is 1. The van der Waals surface area contributed by atoms with E-state index < -0.39 is 0 Å². The predicted octanol–water partition coefficient (Wildman–Crippen LogP) is 3.06. The molecule has 4 rings (SSSR count). The molecule has 4 aromatic rings. The number of thioether (sulfide) groups is 1. The largest absolute Gasteiger partial charge is 0.486 e. The molecule has 0 unspecified atom stereocenters. The molecule has 148 valence electrons. The molecule has 0 aliphatic heterocycles. The molecule has 0 bridgehead atoms. The van der Waals surface area contributed by atoms with Gasteiger partial charge in [0.25, 0.3) is 5.91 Å². The molecule has 0 saturated carbocycles. The van der Waals surface area contributed by atoms with Crippen molar-refractivity contribution >= 4 is 28.6 Å². The van der Waals surface area contributed by atoms with Gasteiger partial charge >= 0.3 is 0 Å². The Morgan fingerprint density at radius 1 is 1.24 bits per heavy atom. The summed E-state index contributed by atoms with van der Waals surface area (Å²) in [5, 5.41) is 8.54. The zero-order valence-corrected chi connectivity index (χ0v) is 16.6. The molecule has 3 heterocycles. The minimum atomic E-state index is -0.280. The minimum absolute atomic E-state index is 0.182. The molecule has 0 saturated heterocycles. The number of ether oxygens (including phenoxy) is 1. The van der Waals surface area contributed by atoms with Crippen molar-refractivity contribution < 1.29 is 14.1 Å². The molecule has 0 aliphatic carbocycles. The fourth-order valence-corrected chi connectivity index (χ4v) is 3.46. The first kappa shape index (κ1) is 19.0. The number of carbonyl (C=O) groups is 1. The second kappa shape index (κ2) is 8.78. The Bertz CT molecular complexity index is 1120. The quantitative estimate of drug-likeness (QED) is 0.353. The molecule has 0 spiro atoms. The monoisotopic (exact) mass is 409 g/mol. The molecule has 0 aliphatic rings. The second-order valence-electron chi connectivity index (χ2n) is 6.25. The van der Waals surface area contributed by atoms with Crippen LogP contribution in [0.25, 0.3) is 10.9 Å². The van der Waals surface area contributed by atoms with Gasteiger partial charge in [-0.2, -0.15) is 0 Å². The van der Waals surface area contributed by atoms with E-state index in [-0.39, 0.29) is 18.2 Å². The van der Waals surface area contributed by atoms with Crippen LogP contribution < -0.4 is 10.1 Å². The van der Waals surface area contributed by atoms with Crippen molar-refractivity contribution in [2.24, 2.45) is 7.05 Å². The van der Waals surface area contributed by atoms with Crippen LogP contribution in [0, 0.1) is 0 Å². The Hall–Kier alpha value is -3.33. The van der Waals surface area contributed by atoms with Crippen LogP contribution in [-0.2, 0) is 13.7 Å². The van der Waals surface area contributed by atoms with E-state index in [1.165, 1.54) is 0 Å². The van der Waals surface area contributed by atoms with E-state index in [2.05, 4.69) is 20.4 Å². The average molecular weight is 409 g/mol. The van der Waals surface area contributed by atoms with Gasteiger partial charge < -0.3 is 19.1 Å². The SMILES string of the molecule is Cn1ccnc1SCCNC(=O)c1cc(COc2ccc3ncccc3c2)on1. The molecular weight excluding hydrogens is 390 g/mol. The summed E-state index contributed by atoms with van der Waals surface area (Å²) in [6.45, 7) is 0.682. The van der Waals surface area contributed by atoms with E-state index in [0.29, 0.717) is 23.8 Å².